The highest BCUT2D eigenvalue weighted by Gasteiger charge is 2.30. The molecule has 32 heavy (non-hydrogen) atoms. The molecule has 0 saturated carbocycles. The molecule has 0 radical (unpaired) electrons. The van der Waals surface area contributed by atoms with Gasteiger partial charge in [0.1, 0.15) is 25.4 Å². The molecule has 0 bridgehead atoms. The number of benzene rings is 3. The molecule has 6 nitrogen and oxygen atoms in total. The third kappa shape index (κ3) is 4.96. The Morgan fingerprint density at radius 1 is 0.781 bits per heavy atom. The summed E-state index contributed by atoms with van der Waals surface area (Å²) in [5, 5.41) is 19.5. The summed E-state index contributed by atoms with van der Waals surface area (Å²) in [5.74, 6) is -1.60. The minimum atomic E-state index is -0.849. The van der Waals surface area contributed by atoms with Crippen LogP contribution in [0.25, 0.3) is 0 Å². The van der Waals surface area contributed by atoms with Crippen LogP contribution in [0.1, 0.15) is 48.5 Å². The number of carbonyl (C=O) groups is 2. The van der Waals surface area contributed by atoms with E-state index in [-0.39, 0.29) is 35.5 Å². The van der Waals surface area contributed by atoms with Crippen molar-refractivity contribution in [3.8, 4) is 12.1 Å². The highest BCUT2D eigenvalue weighted by molar-refractivity contribution is 14.1. The third-order valence-electron chi connectivity index (χ3n) is 4.73. The first-order valence-corrected chi connectivity index (χ1v) is 10.6. The first-order chi connectivity index (χ1) is 15.5. The Bertz CT molecular complexity index is 1240. The monoisotopic (exact) mass is 536 g/mol. The Morgan fingerprint density at radius 2 is 1.22 bits per heavy atom. The fourth-order valence-electron chi connectivity index (χ4n) is 3.08. The number of nitriles is 2. The molecule has 158 valence electrons. The second kappa shape index (κ2) is 10.6. The lowest BCUT2D eigenvalue weighted by molar-refractivity contribution is 0.0468. The number of nitrogens with zero attached hydrogens (tertiary/aromatic N) is 2. The van der Waals surface area contributed by atoms with Gasteiger partial charge in [0.25, 0.3) is 0 Å². The molecule has 7 heteroatoms. The summed E-state index contributed by atoms with van der Waals surface area (Å²) in [5.41, 5.74) is 1.44. The average Bonchev–Trinajstić information content (AvgIpc) is 2.83. The maximum atomic E-state index is 12.9. The van der Waals surface area contributed by atoms with Crippen molar-refractivity contribution >= 4 is 34.5 Å². The smallest absolute Gasteiger partial charge is 0.341 e. The minimum Gasteiger partial charge on any atom is -0.457 e. The topological polar surface area (TPSA) is 100 Å². The van der Waals surface area contributed by atoms with Gasteiger partial charge in [0, 0.05) is 3.57 Å². The quantitative estimate of drug-likeness (QED) is 0.323. The Kier molecular flexibility index (Phi) is 7.58. The molecule has 3 aromatic carbocycles. The molecule has 0 N–H and O–H groups in total. The van der Waals surface area contributed by atoms with E-state index in [1.165, 1.54) is 0 Å². The van der Waals surface area contributed by atoms with Crippen molar-refractivity contribution in [2.45, 2.75) is 20.1 Å². The minimum absolute atomic E-state index is 0.00335. The van der Waals surface area contributed by atoms with E-state index >= 15 is 0 Å². The zero-order valence-corrected chi connectivity index (χ0v) is 19.3. The largest absolute Gasteiger partial charge is 0.457 e. The zero-order chi connectivity index (χ0) is 23.1. The van der Waals surface area contributed by atoms with Crippen LogP contribution >= 0.6 is 22.6 Å². The van der Waals surface area contributed by atoms with Gasteiger partial charge < -0.3 is 9.47 Å². The van der Waals surface area contributed by atoms with Crippen molar-refractivity contribution in [2.24, 2.45) is 0 Å². The first-order valence-electron chi connectivity index (χ1n) is 9.56. The maximum Gasteiger partial charge on any atom is 0.341 e. The van der Waals surface area contributed by atoms with E-state index < -0.39 is 11.9 Å². The maximum absolute atomic E-state index is 12.9. The van der Waals surface area contributed by atoms with Crippen molar-refractivity contribution in [3.63, 3.8) is 0 Å². The molecule has 0 aliphatic rings. The predicted octanol–water partition coefficient (Wildman–Crippen LogP) is 5.06. The molecule has 0 unspecified atom stereocenters. The fraction of sp³-hybridized carbons (Fsp3) is 0.120. The molecule has 3 aromatic rings. The molecule has 0 aliphatic heterocycles. The van der Waals surface area contributed by atoms with Gasteiger partial charge in [-0.25, -0.2) is 9.59 Å². The number of hydrogen-bond acceptors (Lipinski definition) is 6. The van der Waals surface area contributed by atoms with Crippen LogP contribution in [0.5, 0.6) is 0 Å². The molecule has 3 rings (SSSR count). The summed E-state index contributed by atoms with van der Waals surface area (Å²) < 4.78 is 11.1. The number of carbonyl (C=O) groups excluding carboxylic acids is 2. The van der Waals surface area contributed by atoms with Gasteiger partial charge in [0.05, 0.1) is 22.3 Å². The van der Waals surface area contributed by atoms with E-state index in [0.29, 0.717) is 9.13 Å². The molecule has 0 heterocycles. The van der Waals surface area contributed by atoms with Gasteiger partial charge in [0.15, 0.2) is 0 Å². The molecule has 0 aromatic heterocycles. The van der Waals surface area contributed by atoms with Gasteiger partial charge in [-0.05, 0) is 46.2 Å². The molecule has 0 saturated heterocycles. The van der Waals surface area contributed by atoms with E-state index in [1.807, 2.05) is 59.0 Å². The summed E-state index contributed by atoms with van der Waals surface area (Å²) in [6.07, 6.45) is 0. The molecule has 0 amide bonds. The second-order valence-electron chi connectivity index (χ2n) is 6.79. The molecular formula is C25H17IN2O4. The van der Waals surface area contributed by atoms with Crippen LogP contribution in [0.4, 0.5) is 0 Å². The summed E-state index contributed by atoms with van der Waals surface area (Å²) in [6, 6.07) is 22.0. The Balaban J connectivity index is 1.98. The summed E-state index contributed by atoms with van der Waals surface area (Å²) in [4.78, 5) is 25.8. The number of hydrogen-bond donors (Lipinski definition) is 0. The van der Waals surface area contributed by atoms with Gasteiger partial charge in [-0.1, -0.05) is 60.7 Å². The average molecular weight is 536 g/mol. The van der Waals surface area contributed by atoms with E-state index in [4.69, 9.17) is 9.47 Å². The first kappa shape index (κ1) is 23.0. The lowest BCUT2D eigenvalue weighted by Gasteiger charge is -2.16. The highest BCUT2D eigenvalue weighted by Crippen LogP contribution is 2.30. The van der Waals surface area contributed by atoms with Gasteiger partial charge in [-0.15, -0.1) is 0 Å². The molecule has 0 aliphatic carbocycles. The van der Waals surface area contributed by atoms with E-state index in [2.05, 4.69) is 0 Å². The van der Waals surface area contributed by atoms with Gasteiger partial charge in [-0.2, -0.15) is 10.5 Å². The number of halogens is 1. The van der Waals surface area contributed by atoms with Crippen molar-refractivity contribution in [2.75, 3.05) is 0 Å². The van der Waals surface area contributed by atoms with Gasteiger partial charge >= 0.3 is 11.9 Å². The molecule has 0 spiro atoms. The summed E-state index contributed by atoms with van der Waals surface area (Å²) in [6.45, 7) is 1.59. The van der Waals surface area contributed by atoms with Gasteiger partial charge in [-0.3, -0.25) is 0 Å². The van der Waals surface area contributed by atoms with Crippen LogP contribution in [-0.4, -0.2) is 11.9 Å². The van der Waals surface area contributed by atoms with Crippen molar-refractivity contribution in [1.82, 2.24) is 0 Å². The molecule has 0 atom stereocenters. The Morgan fingerprint density at radius 3 is 1.66 bits per heavy atom. The van der Waals surface area contributed by atoms with Crippen LogP contribution in [0, 0.1) is 33.2 Å². The van der Waals surface area contributed by atoms with Crippen LogP contribution in [0.3, 0.4) is 0 Å². The predicted molar refractivity (Wildman–Crippen MR) is 124 cm³/mol. The summed E-state index contributed by atoms with van der Waals surface area (Å²) in [7, 11) is 0. The lowest BCUT2D eigenvalue weighted by Crippen LogP contribution is -2.18. The normalized spacial score (nSPS) is 10.0. The zero-order valence-electron chi connectivity index (χ0n) is 17.1. The summed E-state index contributed by atoms with van der Waals surface area (Å²) >= 11 is 1.89. The van der Waals surface area contributed by atoms with Crippen LogP contribution in [0.2, 0.25) is 0 Å². The Labute approximate surface area is 199 Å². The van der Waals surface area contributed by atoms with E-state index in [9.17, 15) is 20.1 Å². The second-order valence-corrected chi connectivity index (χ2v) is 7.86. The third-order valence-corrected chi connectivity index (χ3v) is 6.08. The van der Waals surface area contributed by atoms with Crippen molar-refractivity contribution < 1.29 is 19.1 Å². The SMILES string of the molecule is Cc1c(I)c(C(=O)OCc2ccccc2)c(C#N)c(C(=O)OCc2ccccc2)c1C#N. The van der Waals surface area contributed by atoms with E-state index in [1.54, 1.807) is 43.3 Å². The standard InChI is InChI=1S/C25H17IN2O4/c1-16-19(12-27)21(24(29)31-14-17-8-4-2-5-9-17)20(13-28)22(23(16)26)25(30)32-15-18-10-6-3-7-11-18/h2-11H,14-15H2,1H3. The number of ether oxygens (including phenoxy) is 2. The van der Waals surface area contributed by atoms with Crippen molar-refractivity contribution in [3.05, 3.63) is 103 Å². The van der Waals surface area contributed by atoms with Crippen LogP contribution < -0.4 is 0 Å². The fourth-order valence-corrected chi connectivity index (χ4v) is 3.84. The van der Waals surface area contributed by atoms with Crippen molar-refractivity contribution in [1.29, 1.82) is 10.5 Å². The number of rotatable bonds is 6. The highest BCUT2D eigenvalue weighted by atomic mass is 127. The van der Waals surface area contributed by atoms with E-state index in [0.717, 1.165) is 11.1 Å². The number of esters is 2. The molecular weight excluding hydrogens is 519 g/mol. The molecule has 0 fully saturated rings. The Hall–Kier alpha value is -3.69. The van der Waals surface area contributed by atoms with Gasteiger partial charge in [0.2, 0.25) is 0 Å². The van der Waals surface area contributed by atoms with Crippen LogP contribution in [0.15, 0.2) is 60.7 Å². The lowest BCUT2D eigenvalue weighted by atomic mass is 9.93. The van der Waals surface area contributed by atoms with Crippen LogP contribution in [-0.2, 0) is 22.7 Å².